The molecule has 2 aliphatic heterocycles. The van der Waals surface area contributed by atoms with Gasteiger partial charge in [0.1, 0.15) is 15.7 Å². The Hall–Kier alpha value is -2.38. The van der Waals surface area contributed by atoms with Crippen LogP contribution >= 0.6 is 23.5 Å². The second kappa shape index (κ2) is 9.18. The molecule has 2 aromatic carbocycles. The maximum atomic E-state index is 13.4. The van der Waals surface area contributed by atoms with E-state index in [1.165, 1.54) is 22.3 Å². The molecule has 156 valence electrons. The topological polar surface area (TPSA) is 45.1 Å². The fourth-order valence-corrected chi connectivity index (χ4v) is 5.83. The van der Waals surface area contributed by atoms with E-state index in [1.807, 2.05) is 41.3 Å². The molecule has 2 aromatic rings. The van der Waals surface area contributed by atoms with Crippen molar-refractivity contribution in [3.8, 4) is 5.75 Å². The van der Waals surface area contributed by atoms with Crippen LogP contribution in [0.3, 0.4) is 0 Å². The third-order valence-electron chi connectivity index (χ3n) is 5.01. The van der Waals surface area contributed by atoms with Crippen LogP contribution in [0, 0.1) is 0 Å². The number of thioether (sulfide) groups is 2. The number of anilines is 1. The van der Waals surface area contributed by atoms with Gasteiger partial charge in [-0.2, -0.15) is 0 Å². The Kier molecular flexibility index (Phi) is 6.39. The van der Waals surface area contributed by atoms with Gasteiger partial charge in [0.2, 0.25) is 0 Å². The van der Waals surface area contributed by atoms with Gasteiger partial charge in [-0.25, -0.2) is 4.99 Å². The number of amidine groups is 1. The number of aliphatic imine (C=N–C) groups is 1. The molecule has 1 amide bonds. The molecular formula is C23H25N3O2S2. The summed E-state index contributed by atoms with van der Waals surface area (Å²) in [5.74, 6) is 0.841. The fourth-order valence-electron chi connectivity index (χ4n) is 3.42. The second-order valence-electron chi connectivity index (χ2n) is 6.95. The number of unbranched alkanes of at least 4 members (excludes halogenated alkanes) is 1. The molecule has 30 heavy (non-hydrogen) atoms. The van der Waals surface area contributed by atoms with Crippen molar-refractivity contribution < 1.29 is 9.53 Å². The third-order valence-corrected chi connectivity index (χ3v) is 7.39. The van der Waals surface area contributed by atoms with Crippen molar-refractivity contribution in [2.75, 3.05) is 25.1 Å². The molecule has 1 saturated heterocycles. The van der Waals surface area contributed by atoms with Gasteiger partial charge < -0.3 is 9.64 Å². The summed E-state index contributed by atoms with van der Waals surface area (Å²) in [5, 5.41) is 1.75. The lowest BCUT2D eigenvalue weighted by Gasteiger charge is -2.19. The first-order chi connectivity index (χ1) is 14.7. The Balaban J connectivity index is 1.71. The van der Waals surface area contributed by atoms with E-state index in [-0.39, 0.29) is 5.91 Å². The molecule has 4 rings (SSSR count). The van der Waals surface area contributed by atoms with Crippen LogP contribution in [0.5, 0.6) is 5.75 Å². The molecule has 7 heteroatoms. The van der Waals surface area contributed by atoms with Crippen LogP contribution in [0.2, 0.25) is 0 Å². The molecule has 1 fully saturated rings. The Labute approximate surface area is 186 Å². The van der Waals surface area contributed by atoms with Gasteiger partial charge in [-0.3, -0.25) is 9.69 Å². The van der Waals surface area contributed by atoms with Gasteiger partial charge in [-0.15, -0.1) is 0 Å². The van der Waals surface area contributed by atoms with E-state index in [9.17, 15) is 4.79 Å². The van der Waals surface area contributed by atoms with Gasteiger partial charge in [-0.05, 0) is 61.5 Å². The first-order valence-electron chi connectivity index (χ1n) is 10.2. The molecular weight excluding hydrogens is 414 g/mol. The minimum atomic E-state index is 0.0504. The summed E-state index contributed by atoms with van der Waals surface area (Å²) in [6, 6.07) is 15.9. The number of hydrogen-bond donors (Lipinski definition) is 0. The number of hydrogen-bond acceptors (Lipinski definition) is 6. The number of methoxy groups -OCH3 is 1. The van der Waals surface area contributed by atoms with Gasteiger partial charge in [-0.1, -0.05) is 37.2 Å². The second-order valence-corrected chi connectivity index (χ2v) is 8.96. The molecule has 0 radical (unpaired) electrons. The van der Waals surface area contributed by atoms with Gasteiger partial charge in [0.15, 0.2) is 5.17 Å². The largest absolute Gasteiger partial charge is 0.497 e. The summed E-state index contributed by atoms with van der Waals surface area (Å²) < 4.78 is 5.24. The zero-order valence-electron chi connectivity index (χ0n) is 17.4. The standard InChI is InChI=1S/C23H25N3O2S2/c1-4-6-15-26-21(27)20(22-25(5-2)18-9-7-8-10-19(18)29-22)30-23(26)24-16-11-13-17(28-3)14-12-16/h7-14H,4-6,15H2,1-3H3/b22-20-,24-23?. The number of ether oxygens (including phenoxy) is 1. The zero-order chi connectivity index (χ0) is 21.1. The first-order valence-corrected chi connectivity index (χ1v) is 11.8. The van der Waals surface area contributed by atoms with Crippen molar-refractivity contribution in [2.24, 2.45) is 4.99 Å². The van der Waals surface area contributed by atoms with Crippen molar-refractivity contribution in [3.05, 3.63) is 58.5 Å². The summed E-state index contributed by atoms with van der Waals surface area (Å²) in [5.41, 5.74) is 1.98. The lowest BCUT2D eigenvalue weighted by atomic mass is 10.3. The maximum absolute atomic E-state index is 13.4. The molecule has 0 bridgehead atoms. The van der Waals surface area contributed by atoms with E-state index in [0.717, 1.165) is 45.9 Å². The van der Waals surface area contributed by atoms with Crippen LogP contribution in [0.25, 0.3) is 0 Å². The van der Waals surface area contributed by atoms with Crippen molar-refractivity contribution in [3.63, 3.8) is 0 Å². The Morgan fingerprint density at radius 2 is 1.77 bits per heavy atom. The summed E-state index contributed by atoms with van der Waals surface area (Å²) in [7, 11) is 1.65. The summed E-state index contributed by atoms with van der Waals surface area (Å²) in [6.07, 6.45) is 1.97. The van der Waals surface area contributed by atoms with E-state index >= 15 is 0 Å². The highest BCUT2D eigenvalue weighted by Crippen LogP contribution is 2.50. The SMILES string of the molecule is CCCCN1C(=O)/C(=C2/Sc3ccccc3N2CC)SC1=Nc1ccc(OC)cc1. The van der Waals surface area contributed by atoms with Gasteiger partial charge in [0, 0.05) is 18.0 Å². The lowest BCUT2D eigenvalue weighted by molar-refractivity contribution is -0.122. The molecule has 5 nitrogen and oxygen atoms in total. The predicted octanol–water partition coefficient (Wildman–Crippen LogP) is 5.86. The van der Waals surface area contributed by atoms with Crippen LogP contribution in [0.15, 0.2) is 68.4 Å². The Morgan fingerprint density at radius 3 is 2.47 bits per heavy atom. The van der Waals surface area contributed by atoms with E-state index in [1.54, 1.807) is 18.9 Å². The summed E-state index contributed by atoms with van der Waals surface area (Å²) in [6.45, 7) is 5.75. The van der Waals surface area contributed by atoms with Crippen LogP contribution in [0.1, 0.15) is 26.7 Å². The predicted molar refractivity (Wildman–Crippen MR) is 127 cm³/mol. The number of carbonyl (C=O) groups is 1. The zero-order valence-corrected chi connectivity index (χ0v) is 19.1. The number of benzene rings is 2. The third kappa shape index (κ3) is 3.96. The van der Waals surface area contributed by atoms with Crippen molar-refractivity contribution in [2.45, 2.75) is 31.6 Å². The Bertz CT molecular complexity index is 1000. The molecule has 0 saturated carbocycles. The summed E-state index contributed by atoms with van der Waals surface area (Å²) in [4.78, 5) is 24.2. The number of amides is 1. The Morgan fingerprint density at radius 1 is 1.00 bits per heavy atom. The smallest absolute Gasteiger partial charge is 0.269 e. The van der Waals surface area contributed by atoms with Gasteiger partial charge in [0.25, 0.3) is 5.91 Å². The highest BCUT2D eigenvalue weighted by atomic mass is 32.2. The number of para-hydroxylation sites is 1. The van der Waals surface area contributed by atoms with Crippen LogP contribution in [-0.4, -0.2) is 36.2 Å². The quantitative estimate of drug-likeness (QED) is 0.528. The molecule has 0 aliphatic carbocycles. The van der Waals surface area contributed by atoms with Crippen molar-refractivity contribution in [1.82, 2.24) is 4.90 Å². The number of carbonyl (C=O) groups excluding carboxylic acids is 1. The van der Waals surface area contributed by atoms with Crippen LogP contribution < -0.4 is 9.64 Å². The van der Waals surface area contributed by atoms with E-state index in [2.05, 4.69) is 30.9 Å². The van der Waals surface area contributed by atoms with E-state index in [0.29, 0.717) is 6.54 Å². The highest BCUT2D eigenvalue weighted by molar-refractivity contribution is 8.19. The normalized spacial score (nSPS) is 19.7. The van der Waals surface area contributed by atoms with Gasteiger partial charge >= 0.3 is 0 Å². The number of rotatable bonds is 6. The molecule has 0 aromatic heterocycles. The highest BCUT2D eigenvalue weighted by Gasteiger charge is 2.39. The fraction of sp³-hybridized carbons (Fsp3) is 0.304. The lowest BCUT2D eigenvalue weighted by Crippen LogP contribution is -2.30. The van der Waals surface area contributed by atoms with Crippen molar-refractivity contribution in [1.29, 1.82) is 0 Å². The molecule has 0 unspecified atom stereocenters. The molecule has 0 atom stereocenters. The molecule has 2 heterocycles. The molecule has 2 aliphatic rings. The minimum absolute atomic E-state index is 0.0504. The maximum Gasteiger partial charge on any atom is 0.269 e. The first kappa shape index (κ1) is 20.9. The number of fused-ring (bicyclic) bond motifs is 1. The minimum Gasteiger partial charge on any atom is -0.497 e. The van der Waals surface area contributed by atoms with Gasteiger partial charge in [0.05, 0.1) is 18.5 Å². The summed E-state index contributed by atoms with van der Waals surface area (Å²) >= 11 is 3.16. The monoisotopic (exact) mass is 439 g/mol. The number of nitrogens with zero attached hydrogens (tertiary/aromatic N) is 3. The average molecular weight is 440 g/mol. The van der Waals surface area contributed by atoms with E-state index in [4.69, 9.17) is 9.73 Å². The van der Waals surface area contributed by atoms with E-state index < -0.39 is 0 Å². The van der Waals surface area contributed by atoms with Crippen molar-refractivity contribution >= 4 is 46.0 Å². The molecule has 0 N–H and O–H groups in total. The average Bonchev–Trinajstić information content (AvgIpc) is 3.29. The van der Waals surface area contributed by atoms with Crippen LogP contribution in [-0.2, 0) is 4.79 Å². The molecule has 0 spiro atoms. The van der Waals surface area contributed by atoms with Crippen LogP contribution in [0.4, 0.5) is 11.4 Å².